The number of rotatable bonds is 7. The highest BCUT2D eigenvalue weighted by Crippen LogP contribution is 2.12. The second-order valence-corrected chi connectivity index (χ2v) is 4.52. The van der Waals surface area contributed by atoms with E-state index in [0.29, 0.717) is 13.0 Å². The number of nitro groups is 1. The lowest BCUT2D eigenvalue weighted by atomic mass is 10.1. The molecule has 2 atom stereocenters. The predicted molar refractivity (Wildman–Crippen MR) is 71.3 cm³/mol. The first kappa shape index (κ1) is 14.6. The van der Waals surface area contributed by atoms with Gasteiger partial charge in [0.2, 0.25) is 0 Å². The first-order valence-electron chi connectivity index (χ1n) is 5.94. The lowest BCUT2D eigenvalue weighted by Crippen LogP contribution is -2.40. The van der Waals surface area contributed by atoms with Gasteiger partial charge in [-0.1, -0.05) is 12.1 Å². The fourth-order valence-electron chi connectivity index (χ4n) is 1.63. The maximum atomic E-state index is 10.5. The number of nitrogens with two attached hydrogens (primary N) is 2. The third-order valence-electron chi connectivity index (χ3n) is 2.52. The highest BCUT2D eigenvalue weighted by atomic mass is 16.6. The van der Waals surface area contributed by atoms with Crippen LogP contribution >= 0.6 is 0 Å². The van der Waals surface area contributed by atoms with Crippen molar-refractivity contribution in [1.82, 2.24) is 5.32 Å². The van der Waals surface area contributed by atoms with Crippen LogP contribution < -0.4 is 16.8 Å². The summed E-state index contributed by atoms with van der Waals surface area (Å²) in [7, 11) is 0. The van der Waals surface area contributed by atoms with Gasteiger partial charge in [-0.25, -0.2) is 0 Å². The second-order valence-electron chi connectivity index (χ2n) is 4.52. The van der Waals surface area contributed by atoms with Crippen molar-refractivity contribution in [3.8, 4) is 0 Å². The van der Waals surface area contributed by atoms with Crippen LogP contribution in [0.1, 0.15) is 12.5 Å². The van der Waals surface area contributed by atoms with Crippen LogP contribution in [0.25, 0.3) is 0 Å². The molecule has 100 valence electrons. The van der Waals surface area contributed by atoms with Gasteiger partial charge in [-0.05, 0) is 18.9 Å². The Labute approximate surface area is 107 Å². The molecule has 1 aromatic rings. The normalized spacial score (nSPS) is 14.2. The fourth-order valence-corrected chi connectivity index (χ4v) is 1.63. The molecule has 0 heterocycles. The van der Waals surface area contributed by atoms with E-state index in [2.05, 4.69) is 5.32 Å². The molecule has 0 aliphatic heterocycles. The summed E-state index contributed by atoms with van der Waals surface area (Å²) in [5, 5.41) is 13.7. The van der Waals surface area contributed by atoms with Gasteiger partial charge in [-0.3, -0.25) is 10.1 Å². The molecule has 18 heavy (non-hydrogen) atoms. The van der Waals surface area contributed by atoms with Gasteiger partial charge in [0, 0.05) is 37.3 Å². The zero-order chi connectivity index (χ0) is 13.5. The van der Waals surface area contributed by atoms with Gasteiger partial charge in [-0.2, -0.15) is 0 Å². The number of benzene rings is 1. The summed E-state index contributed by atoms with van der Waals surface area (Å²) in [5.74, 6) is 0. The molecule has 0 aliphatic carbocycles. The summed E-state index contributed by atoms with van der Waals surface area (Å²) in [6, 6.07) is 6.56. The summed E-state index contributed by atoms with van der Waals surface area (Å²) < 4.78 is 0. The van der Waals surface area contributed by atoms with Gasteiger partial charge in [0.05, 0.1) is 4.92 Å². The molecular weight excluding hydrogens is 232 g/mol. The van der Waals surface area contributed by atoms with Crippen molar-refractivity contribution in [2.45, 2.75) is 25.4 Å². The standard InChI is InChI=1S/C12H20N4O2/c1-9(13)7-15-8-11(14)6-10-2-4-12(5-3-10)16(17)18/h2-5,9,11,15H,6-8,13-14H2,1H3/t9-,11-/m0/s1. The van der Waals surface area contributed by atoms with E-state index in [9.17, 15) is 10.1 Å². The Hall–Kier alpha value is -1.50. The van der Waals surface area contributed by atoms with E-state index in [1.54, 1.807) is 12.1 Å². The minimum atomic E-state index is -0.409. The van der Waals surface area contributed by atoms with Gasteiger partial charge in [-0.15, -0.1) is 0 Å². The Morgan fingerprint density at radius 1 is 1.28 bits per heavy atom. The topological polar surface area (TPSA) is 107 Å². The number of nitro benzene ring substituents is 1. The van der Waals surface area contributed by atoms with Gasteiger partial charge in [0.15, 0.2) is 0 Å². The van der Waals surface area contributed by atoms with Crippen LogP contribution in [0.5, 0.6) is 0 Å². The maximum Gasteiger partial charge on any atom is 0.269 e. The summed E-state index contributed by atoms with van der Waals surface area (Å²) in [5.41, 5.74) is 12.7. The van der Waals surface area contributed by atoms with Crippen LogP contribution in [-0.4, -0.2) is 30.1 Å². The average molecular weight is 252 g/mol. The third-order valence-corrected chi connectivity index (χ3v) is 2.52. The van der Waals surface area contributed by atoms with Gasteiger partial charge < -0.3 is 16.8 Å². The Bertz CT molecular complexity index is 378. The maximum absolute atomic E-state index is 10.5. The van der Waals surface area contributed by atoms with Crippen LogP contribution in [0.15, 0.2) is 24.3 Å². The first-order valence-corrected chi connectivity index (χ1v) is 5.94. The average Bonchev–Trinajstić information content (AvgIpc) is 2.29. The zero-order valence-corrected chi connectivity index (χ0v) is 10.5. The van der Waals surface area contributed by atoms with E-state index < -0.39 is 4.92 Å². The molecule has 6 nitrogen and oxygen atoms in total. The number of hydrogen-bond donors (Lipinski definition) is 3. The molecule has 0 spiro atoms. The molecule has 0 saturated heterocycles. The monoisotopic (exact) mass is 252 g/mol. The molecular formula is C12H20N4O2. The van der Waals surface area contributed by atoms with Crippen LogP contribution in [0.3, 0.4) is 0 Å². The second kappa shape index (κ2) is 7.05. The van der Waals surface area contributed by atoms with Crippen molar-refractivity contribution in [3.63, 3.8) is 0 Å². The molecule has 0 amide bonds. The molecule has 6 heteroatoms. The van der Waals surface area contributed by atoms with Crippen molar-refractivity contribution in [2.24, 2.45) is 11.5 Å². The first-order chi connectivity index (χ1) is 8.49. The molecule has 0 unspecified atom stereocenters. The lowest BCUT2D eigenvalue weighted by Gasteiger charge is -2.14. The van der Waals surface area contributed by atoms with E-state index in [0.717, 1.165) is 12.1 Å². The van der Waals surface area contributed by atoms with Gasteiger partial charge >= 0.3 is 0 Å². The molecule has 0 radical (unpaired) electrons. The molecule has 1 aromatic carbocycles. The lowest BCUT2D eigenvalue weighted by molar-refractivity contribution is -0.384. The molecule has 0 aromatic heterocycles. The SMILES string of the molecule is C[C@H](N)CNC[C@@H](N)Cc1ccc([N+](=O)[O-])cc1. The molecule has 5 N–H and O–H groups in total. The van der Waals surface area contributed by atoms with Crippen molar-refractivity contribution in [1.29, 1.82) is 0 Å². The number of hydrogen-bond acceptors (Lipinski definition) is 5. The Morgan fingerprint density at radius 3 is 2.39 bits per heavy atom. The quantitative estimate of drug-likeness (QED) is 0.481. The van der Waals surface area contributed by atoms with Crippen molar-refractivity contribution < 1.29 is 4.92 Å². The predicted octanol–water partition coefficient (Wildman–Crippen LogP) is 0.401. The van der Waals surface area contributed by atoms with Gasteiger partial charge in [0.1, 0.15) is 0 Å². The van der Waals surface area contributed by atoms with E-state index in [1.165, 1.54) is 12.1 Å². The van der Waals surface area contributed by atoms with E-state index in [4.69, 9.17) is 11.5 Å². The minimum absolute atomic E-state index is 0.0230. The highest BCUT2D eigenvalue weighted by molar-refractivity contribution is 5.33. The molecule has 1 rings (SSSR count). The van der Waals surface area contributed by atoms with E-state index >= 15 is 0 Å². The number of non-ortho nitro benzene ring substituents is 1. The molecule has 0 bridgehead atoms. The number of nitrogens with one attached hydrogen (secondary N) is 1. The van der Waals surface area contributed by atoms with Crippen LogP contribution in [0.2, 0.25) is 0 Å². The van der Waals surface area contributed by atoms with Crippen LogP contribution in [-0.2, 0) is 6.42 Å². The summed E-state index contributed by atoms with van der Waals surface area (Å²) in [4.78, 5) is 10.1. The Morgan fingerprint density at radius 2 is 1.89 bits per heavy atom. The van der Waals surface area contributed by atoms with E-state index in [-0.39, 0.29) is 17.8 Å². The largest absolute Gasteiger partial charge is 0.327 e. The fraction of sp³-hybridized carbons (Fsp3) is 0.500. The molecule has 0 saturated carbocycles. The zero-order valence-electron chi connectivity index (χ0n) is 10.5. The Balaban J connectivity index is 2.39. The summed E-state index contributed by atoms with van der Waals surface area (Å²) in [6.07, 6.45) is 0.684. The minimum Gasteiger partial charge on any atom is -0.327 e. The summed E-state index contributed by atoms with van der Waals surface area (Å²) >= 11 is 0. The smallest absolute Gasteiger partial charge is 0.269 e. The summed E-state index contributed by atoms with van der Waals surface area (Å²) in [6.45, 7) is 3.33. The highest BCUT2D eigenvalue weighted by Gasteiger charge is 2.07. The Kier molecular flexibility index (Phi) is 5.70. The van der Waals surface area contributed by atoms with Gasteiger partial charge in [0.25, 0.3) is 5.69 Å². The van der Waals surface area contributed by atoms with Crippen LogP contribution in [0, 0.1) is 10.1 Å². The van der Waals surface area contributed by atoms with Crippen molar-refractivity contribution in [3.05, 3.63) is 39.9 Å². The molecule has 0 fully saturated rings. The van der Waals surface area contributed by atoms with Crippen molar-refractivity contribution >= 4 is 5.69 Å². The number of nitrogens with zero attached hydrogens (tertiary/aromatic N) is 1. The van der Waals surface area contributed by atoms with Crippen LogP contribution in [0.4, 0.5) is 5.69 Å². The third kappa shape index (κ3) is 5.22. The molecule has 0 aliphatic rings. The van der Waals surface area contributed by atoms with E-state index in [1.807, 2.05) is 6.92 Å². The van der Waals surface area contributed by atoms with Crippen molar-refractivity contribution in [2.75, 3.05) is 13.1 Å².